The molecule has 3 heterocycles. The number of methoxy groups -OCH3 is 2. The summed E-state index contributed by atoms with van der Waals surface area (Å²) in [5.41, 5.74) is 2.78. The number of rotatable bonds is 10. The van der Waals surface area contributed by atoms with Gasteiger partial charge in [-0.3, -0.25) is 0 Å². The van der Waals surface area contributed by atoms with E-state index in [1.54, 1.807) is 32.5 Å². The Labute approximate surface area is 230 Å². The van der Waals surface area contributed by atoms with Crippen molar-refractivity contribution < 1.29 is 18.6 Å². The highest BCUT2D eigenvalue weighted by Gasteiger charge is 2.19. The Bertz CT molecular complexity index is 1400. The molecule has 39 heavy (non-hydrogen) atoms. The third kappa shape index (κ3) is 6.37. The lowest BCUT2D eigenvalue weighted by atomic mass is 10.1. The fraction of sp³-hybridized carbons (Fsp3) is 0.321. The van der Waals surface area contributed by atoms with Gasteiger partial charge in [0, 0.05) is 36.1 Å². The van der Waals surface area contributed by atoms with Crippen molar-refractivity contribution in [3.05, 3.63) is 54.5 Å². The van der Waals surface area contributed by atoms with Crippen LogP contribution in [0, 0.1) is 5.82 Å². The van der Waals surface area contributed by atoms with E-state index in [9.17, 15) is 4.39 Å². The first-order valence-electron chi connectivity index (χ1n) is 12.8. The number of thiazole rings is 1. The maximum Gasteiger partial charge on any atom is 0.227 e. The molecule has 1 saturated heterocycles. The van der Waals surface area contributed by atoms with Crippen molar-refractivity contribution in [2.45, 2.75) is 25.9 Å². The van der Waals surface area contributed by atoms with Gasteiger partial charge in [0.25, 0.3) is 0 Å². The van der Waals surface area contributed by atoms with Crippen molar-refractivity contribution in [1.82, 2.24) is 20.3 Å². The summed E-state index contributed by atoms with van der Waals surface area (Å²) in [6.07, 6.45) is 3.40. The molecular weight excluding hydrogens is 519 g/mol. The van der Waals surface area contributed by atoms with Crippen molar-refractivity contribution in [2.24, 2.45) is 0 Å². The lowest BCUT2D eigenvalue weighted by Gasteiger charge is -2.24. The Morgan fingerprint density at radius 1 is 1.03 bits per heavy atom. The minimum atomic E-state index is -0.429. The lowest BCUT2D eigenvalue weighted by Crippen LogP contribution is -2.34. The van der Waals surface area contributed by atoms with Crippen LogP contribution in [0.15, 0.2) is 48.7 Å². The molecule has 4 aromatic rings. The highest BCUT2D eigenvalue weighted by molar-refractivity contribution is 7.19. The van der Waals surface area contributed by atoms with Crippen LogP contribution in [-0.2, 0) is 0 Å². The third-order valence-electron chi connectivity index (χ3n) is 6.24. The van der Waals surface area contributed by atoms with E-state index in [4.69, 9.17) is 24.2 Å². The van der Waals surface area contributed by atoms with Crippen LogP contribution < -0.4 is 30.2 Å². The summed E-state index contributed by atoms with van der Waals surface area (Å²) in [6.45, 7) is 4.50. The zero-order chi connectivity index (χ0) is 27.2. The number of anilines is 3. The van der Waals surface area contributed by atoms with E-state index >= 15 is 0 Å². The Hall–Kier alpha value is -3.96. The van der Waals surface area contributed by atoms with Gasteiger partial charge < -0.3 is 30.2 Å². The summed E-state index contributed by atoms with van der Waals surface area (Å²) in [4.78, 5) is 14.8. The molecule has 0 unspecified atom stereocenters. The number of aromatic nitrogens is 3. The summed E-state index contributed by atoms with van der Waals surface area (Å²) >= 11 is 1.49. The normalized spacial score (nSPS) is 13.6. The molecule has 0 atom stereocenters. The number of nitrogens with one attached hydrogen (secondary N) is 3. The minimum Gasteiger partial charge on any atom is -0.497 e. The maximum atomic E-state index is 14.8. The van der Waals surface area contributed by atoms with Gasteiger partial charge in [-0.25, -0.2) is 19.3 Å². The monoisotopic (exact) mass is 550 g/mol. The lowest BCUT2D eigenvalue weighted by molar-refractivity contribution is 0.156. The predicted molar refractivity (Wildman–Crippen MR) is 152 cm³/mol. The van der Waals surface area contributed by atoms with Gasteiger partial charge in [-0.1, -0.05) is 11.3 Å². The largest absolute Gasteiger partial charge is 0.497 e. The molecule has 0 aliphatic carbocycles. The molecule has 5 rings (SSSR count). The summed E-state index contributed by atoms with van der Waals surface area (Å²) in [5.74, 6) is 1.48. The SMILES string of the molecule is CCNc1nc(-c2cc(OC)cc(OC)c2)c(-c2ccnc(Nc3ccc(OC4CCNCC4)c(F)c3)n2)s1. The van der Waals surface area contributed by atoms with Gasteiger partial charge >= 0.3 is 0 Å². The molecular formula is C28H31FN6O3S. The molecule has 0 amide bonds. The molecule has 0 bridgehead atoms. The smallest absolute Gasteiger partial charge is 0.227 e. The molecule has 2 aromatic carbocycles. The van der Waals surface area contributed by atoms with Gasteiger partial charge in [0.15, 0.2) is 16.7 Å². The molecule has 2 aromatic heterocycles. The quantitative estimate of drug-likeness (QED) is 0.228. The van der Waals surface area contributed by atoms with Crippen molar-refractivity contribution in [3.8, 4) is 39.1 Å². The maximum absolute atomic E-state index is 14.8. The van der Waals surface area contributed by atoms with Gasteiger partial charge in [0.2, 0.25) is 5.95 Å². The number of ether oxygens (including phenoxy) is 3. The van der Waals surface area contributed by atoms with Crippen LogP contribution in [0.3, 0.4) is 0 Å². The first-order valence-corrected chi connectivity index (χ1v) is 13.6. The average Bonchev–Trinajstić information content (AvgIpc) is 3.39. The zero-order valence-electron chi connectivity index (χ0n) is 22.1. The van der Waals surface area contributed by atoms with Gasteiger partial charge in [0.05, 0.1) is 30.5 Å². The van der Waals surface area contributed by atoms with Gasteiger partial charge in [-0.15, -0.1) is 0 Å². The van der Waals surface area contributed by atoms with Gasteiger partial charge in [0.1, 0.15) is 17.6 Å². The second-order valence-corrected chi connectivity index (χ2v) is 9.93. The topological polar surface area (TPSA) is 102 Å². The van der Waals surface area contributed by atoms with E-state index in [-0.39, 0.29) is 11.9 Å². The van der Waals surface area contributed by atoms with Crippen molar-refractivity contribution in [3.63, 3.8) is 0 Å². The van der Waals surface area contributed by atoms with E-state index in [1.165, 1.54) is 17.4 Å². The molecule has 1 aliphatic rings. The first-order chi connectivity index (χ1) is 19.1. The Morgan fingerprint density at radius 3 is 2.49 bits per heavy atom. The minimum absolute atomic E-state index is 0.0183. The number of halogens is 1. The number of hydrogen-bond donors (Lipinski definition) is 3. The molecule has 3 N–H and O–H groups in total. The van der Waals surface area contributed by atoms with E-state index in [2.05, 4.69) is 20.9 Å². The number of piperidine rings is 1. The number of benzene rings is 2. The average molecular weight is 551 g/mol. The van der Waals surface area contributed by atoms with E-state index in [1.807, 2.05) is 31.2 Å². The zero-order valence-corrected chi connectivity index (χ0v) is 22.9. The Kier molecular flexibility index (Phi) is 8.38. The van der Waals surface area contributed by atoms with Crippen LogP contribution in [0.5, 0.6) is 17.2 Å². The van der Waals surface area contributed by atoms with Crippen molar-refractivity contribution in [1.29, 1.82) is 0 Å². The fourth-order valence-corrected chi connectivity index (χ4v) is 5.33. The molecule has 1 aliphatic heterocycles. The fourth-order valence-electron chi connectivity index (χ4n) is 4.30. The molecule has 11 heteroatoms. The third-order valence-corrected chi connectivity index (χ3v) is 7.27. The summed E-state index contributed by atoms with van der Waals surface area (Å²) < 4.78 is 31.6. The van der Waals surface area contributed by atoms with Crippen LogP contribution in [0.25, 0.3) is 21.8 Å². The predicted octanol–water partition coefficient (Wildman–Crippen LogP) is 5.73. The molecule has 1 fully saturated rings. The van der Waals surface area contributed by atoms with Crippen LogP contribution in [0.2, 0.25) is 0 Å². The molecule has 204 valence electrons. The Balaban J connectivity index is 1.42. The van der Waals surface area contributed by atoms with Crippen molar-refractivity contribution in [2.75, 3.05) is 44.5 Å². The first kappa shape index (κ1) is 26.6. The summed E-state index contributed by atoms with van der Waals surface area (Å²) in [5, 5.41) is 10.5. The van der Waals surface area contributed by atoms with Crippen LogP contribution in [-0.4, -0.2) is 54.9 Å². The second kappa shape index (κ2) is 12.3. The second-order valence-electron chi connectivity index (χ2n) is 8.93. The highest BCUT2D eigenvalue weighted by Crippen LogP contribution is 2.41. The standard InChI is InChI=1S/C28H31FN6O3S/c1-4-31-28-35-25(17-13-20(36-2)16-21(14-17)37-3)26(39-28)23-9-12-32-27(34-23)33-18-5-6-24(22(29)15-18)38-19-7-10-30-11-8-19/h5-6,9,12-16,19,30H,4,7-8,10-11H2,1-3H3,(H,31,35)(H,32,33,34). The molecule has 0 spiro atoms. The number of hydrogen-bond acceptors (Lipinski definition) is 10. The number of nitrogens with zero attached hydrogens (tertiary/aromatic N) is 3. The van der Waals surface area contributed by atoms with Crippen molar-refractivity contribution >= 4 is 28.1 Å². The van der Waals surface area contributed by atoms with Crippen LogP contribution >= 0.6 is 11.3 Å². The highest BCUT2D eigenvalue weighted by atomic mass is 32.1. The van der Waals surface area contributed by atoms with Crippen LogP contribution in [0.1, 0.15) is 19.8 Å². The summed E-state index contributed by atoms with van der Waals surface area (Å²) in [6, 6.07) is 12.3. The van der Waals surface area contributed by atoms with E-state index in [0.717, 1.165) is 53.7 Å². The Morgan fingerprint density at radius 2 is 1.79 bits per heavy atom. The summed E-state index contributed by atoms with van der Waals surface area (Å²) in [7, 11) is 3.23. The van der Waals surface area contributed by atoms with Crippen LogP contribution in [0.4, 0.5) is 21.2 Å². The molecule has 9 nitrogen and oxygen atoms in total. The molecule has 0 radical (unpaired) electrons. The van der Waals surface area contributed by atoms with Gasteiger partial charge in [-0.05, 0) is 63.2 Å². The van der Waals surface area contributed by atoms with E-state index < -0.39 is 5.82 Å². The van der Waals surface area contributed by atoms with E-state index in [0.29, 0.717) is 28.8 Å². The molecule has 0 saturated carbocycles. The van der Waals surface area contributed by atoms with Gasteiger partial charge in [-0.2, -0.15) is 0 Å².